The van der Waals surface area contributed by atoms with Crippen LogP contribution in [0.1, 0.15) is 102 Å². The van der Waals surface area contributed by atoms with Gasteiger partial charge in [0.05, 0.1) is 37.1 Å². The second-order valence-electron chi connectivity index (χ2n) is 16.4. The van der Waals surface area contributed by atoms with Crippen LogP contribution in [-0.2, 0) is 38.0 Å². The lowest BCUT2D eigenvalue weighted by atomic mass is 9.69. The van der Waals surface area contributed by atoms with E-state index in [4.69, 9.17) is 28.4 Å². The zero-order valence-corrected chi connectivity index (χ0v) is 32.5. The van der Waals surface area contributed by atoms with Crippen LogP contribution in [0.4, 0.5) is 0 Å². The molecule has 1 unspecified atom stereocenters. The number of methoxy groups -OCH3 is 1. The summed E-state index contributed by atoms with van der Waals surface area (Å²) < 4.78 is 39.1. The van der Waals surface area contributed by atoms with Crippen molar-refractivity contribution in [2.75, 3.05) is 34.4 Å². The number of esters is 1. The smallest absolute Gasteiger partial charge is 0.319 e. The lowest BCUT2D eigenvalue weighted by Crippen LogP contribution is -2.61. The van der Waals surface area contributed by atoms with Crippen molar-refractivity contribution in [3.05, 3.63) is 11.1 Å². The van der Waals surface area contributed by atoms with E-state index in [-0.39, 0.29) is 42.3 Å². The zero-order chi connectivity index (χ0) is 36.5. The number of Topliss-reactive ketones (excluding diaryl/α,β-unsaturated/α-hetero) is 1. The Balaban J connectivity index is 2.30. The van der Waals surface area contributed by atoms with Crippen molar-refractivity contribution in [2.24, 2.45) is 29.1 Å². The maximum absolute atomic E-state index is 14.6. The summed E-state index contributed by atoms with van der Waals surface area (Å²) in [5, 5.41) is 12.2. The fourth-order valence-corrected chi connectivity index (χ4v) is 8.18. The van der Waals surface area contributed by atoms with Crippen LogP contribution < -0.4 is 0 Å². The minimum Gasteiger partial charge on any atom is -0.458 e. The van der Waals surface area contributed by atoms with Crippen molar-refractivity contribution < 1.29 is 43.1 Å². The van der Waals surface area contributed by atoms with E-state index in [1.165, 1.54) is 0 Å². The Morgan fingerprint density at radius 2 is 1.56 bits per heavy atom. The number of carbonyl (C=O) groups excluding carboxylic acids is 2. The van der Waals surface area contributed by atoms with Crippen LogP contribution in [0.3, 0.4) is 0 Å². The molecule has 48 heavy (non-hydrogen) atoms. The van der Waals surface area contributed by atoms with Gasteiger partial charge in [-0.2, -0.15) is 0 Å². The normalized spacial score (nSPS) is 45.5. The highest BCUT2D eigenvalue weighted by atomic mass is 16.7. The summed E-state index contributed by atoms with van der Waals surface area (Å²) in [6, 6.07) is 0.0213. The molecule has 0 amide bonds. The van der Waals surface area contributed by atoms with Gasteiger partial charge in [-0.1, -0.05) is 34.6 Å². The topological polar surface area (TPSA) is 113 Å². The van der Waals surface area contributed by atoms with Gasteiger partial charge in [-0.3, -0.25) is 9.59 Å². The Labute approximate surface area is 290 Å². The SMILES string of the molecule is CC[C@H]1OC(=O)C(C)(C)C(=O)[C@H](C)[C@@H](O[C@@H]2O[C@H](C)C[C@H](N(C)C)[C@H]2OC)[C@@]2(C)C[C@@H](C)C(C)[C@H](C)[C@@H](OC/C(C)=C(\C)CO2)[C@]1(C)O. The molecule has 3 aliphatic heterocycles. The quantitative estimate of drug-likeness (QED) is 0.224. The van der Waals surface area contributed by atoms with Crippen LogP contribution in [0, 0.1) is 29.1 Å². The molecule has 1 N–H and O–H groups in total. The molecule has 2 saturated heterocycles. The summed E-state index contributed by atoms with van der Waals surface area (Å²) in [6.45, 7) is 23.7. The van der Waals surface area contributed by atoms with Crippen LogP contribution in [0.2, 0.25) is 0 Å². The standard InChI is InChI=1S/C38H67NO9/c1-16-29-38(12,42)33-26(7)25(6)21(2)18-37(11,45-20-23(4)22(3)19-44-33)32(27(8)31(40)36(9,10)35(41)47-29)48-34-30(43-15)28(39(13)14)17-24(5)46-34/h21,24-30,32-34,42H,16-20H2,1-15H3/b23-22+/t21-,24-,25?,26+,27+,28+,29-,30-,32-,33-,34+,37-,38-/m1/s1. The van der Waals surface area contributed by atoms with Gasteiger partial charge in [-0.25, -0.2) is 0 Å². The molecule has 0 spiro atoms. The van der Waals surface area contributed by atoms with Gasteiger partial charge in [0.1, 0.15) is 23.2 Å². The second-order valence-corrected chi connectivity index (χ2v) is 16.4. The molecule has 2 fully saturated rings. The number of hydrogen-bond donors (Lipinski definition) is 1. The van der Waals surface area contributed by atoms with Crippen molar-refractivity contribution in [1.82, 2.24) is 4.90 Å². The van der Waals surface area contributed by atoms with Gasteiger partial charge in [0.15, 0.2) is 12.1 Å². The van der Waals surface area contributed by atoms with E-state index >= 15 is 0 Å². The van der Waals surface area contributed by atoms with E-state index in [1.54, 1.807) is 27.9 Å². The Morgan fingerprint density at radius 1 is 0.958 bits per heavy atom. The van der Waals surface area contributed by atoms with Crippen LogP contribution in [0.15, 0.2) is 11.1 Å². The molecule has 3 heterocycles. The van der Waals surface area contributed by atoms with E-state index in [2.05, 4.69) is 25.7 Å². The molecule has 0 aromatic heterocycles. The number of aliphatic hydroxyl groups is 1. The molecule has 0 radical (unpaired) electrons. The van der Waals surface area contributed by atoms with Crippen molar-refractivity contribution >= 4 is 11.8 Å². The van der Waals surface area contributed by atoms with Crippen LogP contribution >= 0.6 is 0 Å². The summed E-state index contributed by atoms with van der Waals surface area (Å²) >= 11 is 0. The molecule has 2 bridgehead atoms. The second kappa shape index (κ2) is 15.9. The first-order valence-electron chi connectivity index (χ1n) is 18.0. The van der Waals surface area contributed by atoms with Crippen molar-refractivity contribution in [2.45, 2.75) is 156 Å². The third-order valence-corrected chi connectivity index (χ3v) is 12.0. The van der Waals surface area contributed by atoms with E-state index in [9.17, 15) is 14.7 Å². The number of nitrogens with zero attached hydrogens (tertiary/aromatic N) is 1. The molecule has 3 aliphatic rings. The van der Waals surface area contributed by atoms with E-state index in [0.29, 0.717) is 19.4 Å². The monoisotopic (exact) mass is 681 g/mol. The first-order valence-corrected chi connectivity index (χ1v) is 18.0. The average Bonchev–Trinajstić information content (AvgIpc) is 3.01. The third kappa shape index (κ3) is 8.38. The van der Waals surface area contributed by atoms with Crippen molar-refractivity contribution in [3.8, 4) is 0 Å². The number of ether oxygens (including phenoxy) is 6. The lowest BCUT2D eigenvalue weighted by molar-refractivity contribution is -0.301. The number of fused-ring (bicyclic) bond motifs is 5. The summed E-state index contributed by atoms with van der Waals surface area (Å²) in [5.41, 5.74) is -2.07. The molecule has 10 heteroatoms. The van der Waals surface area contributed by atoms with Gasteiger partial charge in [0.25, 0.3) is 0 Å². The Bertz CT molecular complexity index is 1150. The Kier molecular flexibility index (Phi) is 13.6. The lowest BCUT2D eigenvalue weighted by Gasteiger charge is -2.50. The van der Waals surface area contributed by atoms with Crippen molar-refractivity contribution in [1.29, 1.82) is 0 Å². The first kappa shape index (κ1) is 41.0. The highest BCUT2D eigenvalue weighted by Crippen LogP contribution is 2.43. The number of cyclic esters (lactones) is 1. The predicted molar refractivity (Wildman–Crippen MR) is 185 cm³/mol. The first-order chi connectivity index (χ1) is 22.1. The fraction of sp³-hybridized carbons (Fsp3) is 0.895. The molecule has 10 nitrogen and oxygen atoms in total. The molecular weight excluding hydrogens is 614 g/mol. The maximum Gasteiger partial charge on any atom is 0.319 e. The van der Waals surface area contributed by atoms with Gasteiger partial charge in [-0.05, 0) is 111 Å². The van der Waals surface area contributed by atoms with Gasteiger partial charge >= 0.3 is 5.97 Å². The van der Waals surface area contributed by atoms with Gasteiger partial charge in [-0.15, -0.1) is 0 Å². The number of likely N-dealkylation sites (N-methyl/N-ethyl adjacent to an activating group) is 1. The molecule has 0 saturated carbocycles. The van der Waals surface area contributed by atoms with Gasteiger partial charge < -0.3 is 38.4 Å². The minimum absolute atomic E-state index is 0.0213. The molecule has 0 aliphatic carbocycles. The fourth-order valence-electron chi connectivity index (χ4n) is 8.18. The number of ketones is 1. The third-order valence-electron chi connectivity index (χ3n) is 12.0. The number of rotatable bonds is 5. The summed E-state index contributed by atoms with van der Waals surface area (Å²) in [5.74, 6) is -1.85. The van der Waals surface area contributed by atoms with E-state index < -0.39 is 59.2 Å². The molecular formula is C38H67NO9. The zero-order valence-electron chi connectivity index (χ0n) is 32.5. The van der Waals surface area contributed by atoms with Crippen LogP contribution in [-0.4, -0.2) is 110 Å². The molecule has 3 rings (SSSR count). The summed E-state index contributed by atoms with van der Waals surface area (Å²) in [6.07, 6.45) is -2.03. The largest absolute Gasteiger partial charge is 0.458 e. The number of carbonyl (C=O) groups is 2. The maximum atomic E-state index is 14.6. The summed E-state index contributed by atoms with van der Waals surface area (Å²) in [4.78, 5) is 30.8. The summed E-state index contributed by atoms with van der Waals surface area (Å²) in [7, 11) is 5.70. The Morgan fingerprint density at radius 3 is 2.12 bits per heavy atom. The van der Waals surface area contributed by atoms with Crippen LogP contribution in [0.5, 0.6) is 0 Å². The van der Waals surface area contributed by atoms with E-state index in [1.807, 2.05) is 55.6 Å². The highest BCUT2D eigenvalue weighted by Gasteiger charge is 2.55. The molecule has 13 atom stereocenters. The molecule has 0 aromatic carbocycles. The number of hydrogen-bond acceptors (Lipinski definition) is 10. The van der Waals surface area contributed by atoms with Crippen LogP contribution in [0.25, 0.3) is 0 Å². The van der Waals surface area contributed by atoms with Gasteiger partial charge in [0, 0.05) is 19.1 Å². The molecule has 0 aromatic rings. The van der Waals surface area contributed by atoms with Crippen molar-refractivity contribution in [3.63, 3.8) is 0 Å². The Hall–Kier alpha value is -1.40. The predicted octanol–water partition coefficient (Wildman–Crippen LogP) is 5.58. The van der Waals surface area contributed by atoms with Gasteiger partial charge in [0.2, 0.25) is 0 Å². The minimum atomic E-state index is -1.55. The van der Waals surface area contributed by atoms with E-state index in [0.717, 1.165) is 17.6 Å². The average molecular weight is 682 g/mol. The molecule has 278 valence electrons. The highest BCUT2D eigenvalue weighted by molar-refractivity contribution is 6.04.